The third-order valence-corrected chi connectivity index (χ3v) is 15.0. The fourth-order valence-corrected chi connectivity index (χ4v) is 10.7. The Balaban J connectivity index is 0.925. The van der Waals surface area contributed by atoms with Crippen molar-refractivity contribution < 1.29 is 38.6 Å². The summed E-state index contributed by atoms with van der Waals surface area (Å²) in [4.78, 5) is 86.7. The molecule has 4 atom stereocenters. The fourth-order valence-electron chi connectivity index (χ4n) is 10.7. The van der Waals surface area contributed by atoms with Gasteiger partial charge in [0.2, 0.25) is 17.7 Å². The molecule has 0 fully saturated rings. The van der Waals surface area contributed by atoms with Crippen molar-refractivity contribution in [1.82, 2.24) is 25.5 Å². The molecule has 0 radical (unpaired) electrons. The second kappa shape index (κ2) is 23.5. The van der Waals surface area contributed by atoms with E-state index in [2.05, 4.69) is 42.0 Å². The number of carbonyl (C=O) groups excluding carboxylic acids is 5. The lowest BCUT2D eigenvalue weighted by Crippen LogP contribution is -2.53. The number of unbranched alkanes of at least 4 members (excludes halogenated alkanes) is 4. The number of pyridine rings is 2. The number of carbonyl (C=O) groups is 5. The predicted octanol–water partition coefficient (Wildman–Crippen LogP) is 7.89. The highest BCUT2D eigenvalue weighted by atomic mass is 16.6. The van der Waals surface area contributed by atoms with E-state index in [1.54, 1.807) is 41.8 Å². The zero-order valence-corrected chi connectivity index (χ0v) is 43.4. The largest absolute Gasteiger partial charge is 0.458 e. The maximum atomic E-state index is 14.1. The van der Waals surface area contributed by atoms with Crippen LogP contribution in [0.4, 0.5) is 10.5 Å². The van der Waals surface area contributed by atoms with Gasteiger partial charge in [-0.1, -0.05) is 88.9 Å². The van der Waals surface area contributed by atoms with Crippen LogP contribution in [0.1, 0.15) is 148 Å². The summed E-state index contributed by atoms with van der Waals surface area (Å²) >= 11 is 0. The molecule has 7 N–H and O–H groups in total. The van der Waals surface area contributed by atoms with Crippen LogP contribution in [0.15, 0.2) is 71.5 Å². The maximum absolute atomic E-state index is 14.1. The molecule has 0 spiro atoms. The zero-order valence-electron chi connectivity index (χ0n) is 43.4. The Morgan fingerprint density at radius 2 is 1.62 bits per heavy atom. The van der Waals surface area contributed by atoms with E-state index >= 15 is 0 Å². The summed E-state index contributed by atoms with van der Waals surface area (Å²) in [5.74, 6) is -1.21. The number of nitrogens with zero attached hydrogens (tertiary/aromatic N) is 2. The number of aliphatic hydroxyl groups is 1. The summed E-state index contributed by atoms with van der Waals surface area (Å²) in [6, 6.07) is 17.8. The van der Waals surface area contributed by atoms with E-state index in [1.165, 1.54) is 0 Å². The van der Waals surface area contributed by atoms with Crippen LogP contribution in [-0.2, 0) is 66.9 Å². The number of ether oxygens (including phenoxy) is 2. The number of hydrogen-bond donors (Lipinski definition) is 6. The number of nitrogens with two attached hydrogens (primary N) is 1. The van der Waals surface area contributed by atoms with Gasteiger partial charge in [0, 0.05) is 35.0 Å². The topological polar surface area (TPSA) is 233 Å². The van der Waals surface area contributed by atoms with E-state index in [-0.39, 0.29) is 55.2 Å². The summed E-state index contributed by atoms with van der Waals surface area (Å²) < 4.78 is 12.7. The molecule has 8 rings (SSSR count). The van der Waals surface area contributed by atoms with E-state index in [9.17, 15) is 33.9 Å². The third kappa shape index (κ3) is 11.7. The number of rotatable bonds is 22. The van der Waals surface area contributed by atoms with Crippen LogP contribution in [0.2, 0.25) is 0 Å². The Morgan fingerprint density at radius 3 is 2.35 bits per heavy atom. The summed E-state index contributed by atoms with van der Waals surface area (Å²) in [5.41, 5.74) is 12.7. The summed E-state index contributed by atoms with van der Waals surface area (Å²) in [6.45, 7) is 10.5. The van der Waals surface area contributed by atoms with Crippen molar-refractivity contribution in [2.45, 2.75) is 162 Å². The van der Waals surface area contributed by atoms with Gasteiger partial charge in [-0.25, -0.2) is 14.6 Å². The molecule has 1 aliphatic carbocycles. The van der Waals surface area contributed by atoms with Crippen LogP contribution in [0.5, 0.6) is 0 Å². The van der Waals surface area contributed by atoms with Crippen LogP contribution >= 0.6 is 0 Å². The quantitative estimate of drug-likeness (QED) is 0.0283. The number of aryl methyl sites for hydroxylation is 2. The number of fused-ring (bicyclic) bond motifs is 5. The molecule has 4 heterocycles. The van der Waals surface area contributed by atoms with Crippen LogP contribution in [0.3, 0.4) is 0 Å². The standard InChI is InChI=1S/C58H71N7O9/c1-6-58(72)43-30-48-52-41(31-65(48)55(69)42(43)33-73-56(58)70)51-44(26-25-40-36(5)35(4)28-46(62-52)50(40)51)64-57(71)74-32-38-21-23-39(24-22-38)60-53(67)45(19-14-15-27-59)63-54(68)47(29-37-17-11-9-12-18-37)61-49(66)20-13-8-7-10-16-34(2)3/h9,11-12,17-18,21-24,28,30,34,44-45,47,72H,6-8,10,13-16,19-20,25-27,29,31-33,59H2,1-5H3,(H,60,67)(H,61,66)(H,63,68)(H,64,71)/t44-,45-,47-,58-/m0/s1. The third-order valence-electron chi connectivity index (χ3n) is 15.0. The summed E-state index contributed by atoms with van der Waals surface area (Å²) in [5, 5.41) is 24.3. The Morgan fingerprint density at radius 1 is 0.878 bits per heavy atom. The number of cyclic esters (lactones) is 1. The van der Waals surface area contributed by atoms with E-state index in [1.807, 2.05) is 43.3 Å². The van der Waals surface area contributed by atoms with Gasteiger partial charge in [0.15, 0.2) is 5.60 Å². The Kier molecular flexibility index (Phi) is 17.0. The van der Waals surface area contributed by atoms with Crippen molar-refractivity contribution in [3.05, 3.63) is 127 Å². The average molecular weight is 1010 g/mol. The molecule has 74 heavy (non-hydrogen) atoms. The molecular weight excluding hydrogens is 939 g/mol. The number of esters is 1. The van der Waals surface area contributed by atoms with Gasteiger partial charge in [-0.05, 0) is 129 Å². The second-order valence-corrected chi connectivity index (χ2v) is 20.6. The Bertz CT molecular complexity index is 2970. The molecule has 0 saturated heterocycles. The van der Waals surface area contributed by atoms with Crippen LogP contribution in [0, 0.1) is 19.8 Å². The van der Waals surface area contributed by atoms with Crippen molar-refractivity contribution in [2.75, 3.05) is 11.9 Å². The molecule has 0 saturated carbocycles. The molecule has 5 aromatic rings. The number of benzene rings is 3. The Labute approximate surface area is 432 Å². The molecule has 2 aromatic heterocycles. The summed E-state index contributed by atoms with van der Waals surface area (Å²) in [6.07, 6.45) is 7.84. The van der Waals surface area contributed by atoms with Crippen molar-refractivity contribution in [3.63, 3.8) is 0 Å². The number of aromatic nitrogens is 2. The van der Waals surface area contributed by atoms with Crippen molar-refractivity contribution >= 4 is 46.4 Å². The lowest BCUT2D eigenvalue weighted by atomic mass is 9.81. The van der Waals surface area contributed by atoms with Gasteiger partial charge in [0.25, 0.3) is 5.56 Å². The molecule has 3 aromatic carbocycles. The zero-order chi connectivity index (χ0) is 52.7. The minimum Gasteiger partial charge on any atom is -0.458 e. The molecule has 0 bridgehead atoms. The first-order valence-corrected chi connectivity index (χ1v) is 26.4. The normalized spacial score (nSPS) is 17.1. The average Bonchev–Trinajstić information content (AvgIpc) is 3.76. The molecular formula is C58H71N7O9. The van der Waals surface area contributed by atoms with Gasteiger partial charge >= 0.3 is 12.1 Å². The minimum atomic E-state index is -1.97. The lowest BCUT2D eigenvalue weighted by molar-refractivity contribution is -0.172. The van der Waals surface area contributed by atoms with Gasteiger partial charge in [-0.2, -0.15) is 0 Å². The van der Waals surface area contributed by atoms with Crippen LogP contribution < -0.4 is 32.6 Å². The smallest absolute Gasteiger partial charge is 0.407 e. The molecule has 3 aliphatic rings. The predicted molar refractivity (Wildman–Crippen MR) is 283 cm³/mol. The number of hydrogen-bond acceptors (Lipinski definition) is 11. The van der Waals surface area contributed by atoms with Crippen molar-refractivity contribution in [2.24, 2.45) is 11.7 Å². The lowest BCUT2D eigenvalue weighted by Gasteiger charge is -2.31. The molecule has 16 nitrogen and oxygen atoms in total. The maximum Gasteiger partial charge on any atom is 0.407 e. The summed E-state index contributed by atoms with van der Waals surface area (Å²) in [7, 11) is 0. The number of alkyl carbamates (subject to hydrolysis) is 1. The second-order valence-electron chi connectivity index (χ2n) is 20.6. The van der Waals surface area contributed by atoms with Gasteiger partial charge in [-0.15, -0.1) is 0 Å². The number of nitrogens with one attached hydrogen (secondary N) is 4. The first-order valence-electron chi connectivity index (χ1n) is 26.4. The SMILES string of the molecule is CC[C@@]1(O)C(=O)OCc2c1cc1n(c2=O)Cc2c-1nc1cc(C)c(C)c3c1c2[C@@H](NC(=O)OCc1ccc(NC(=O)[C@H](CCCCN)NC(=O)[C@H](Cc2ccccc2)NC(=O)CCCCCCC(C)C)cc1)CC3. The van der Waals surface area contributed by atoms with Crippen LogP contribution in [0.25, 0.3) is 22.3 Å². The van der Waals surface area contributed by atoms with Gasteiger partial charge in [-0.3, -0.25) is 19.2 Å². The highest BCUT2D eigenvalue weighted by Gasteiger charge is 2.46. The molecule has 2 aliphatic heterocycles. The highest BCUT2D eigenvalue weighted by Crippen LogP contribution is 2.46. The number of anilines is 1. The van der Waals surface area contributed by atoms with Crippen molar-refractivity contribution in [1.29, 1.82) is 0 Å². The van der Waals surface area contributed by atoms with E-state index in [0.29, 0.717) is 73.6 Å². The fraction of sp³-hybridized carbons (Fsp3) is 0.466. The van der Waals surface area contributed by atoms with Crippen LogP contribution in [-0.4, -0.2) is 63.1 Å². The first kappa shape index (κ1) is 53.4. The van der Waals surface area contributed by atoms with Crippen molar-refractivity contribution in [3.8, 4) is 11.4 Å². The molecule has 16 heteroatoms. The van der Waals surface area contributed by atoms with Gasteiger partial charge < -0.3 is 46.1 Å². The molecule has 392 valence electrons. The molecule has 4 amide bonds. The van der Waals surface area contributed by atoms with E-state index in [4.69, 9.17) is 20.2 Å². The van der Waals surface area contributed by atoms with E-state index < -0.39 is 47.6 Å². The van der Waals surface area contributed by atoms with Gasteiger partial charge in [0.05, 0.1) is 35.1 Å². The highest BCUT2D eigenvalue weighted by molar-refractivity contribution is 5.99. The van der Waals surface area contributed by atoms with Gasteiger partial charge in [0.1, 0.15) is 25.3 Å². The number of amides is 4. The first-order chi connectivity index (χ1) is 35.6. The monoisotopic (exact) mass is 1010 g/mol. The minimum absolute atomic E-state index is 0.0262. The molecule has 0 unspecified atom stereocenters. The Hall–Kier alpha value is -6.91. The van der Waals surface area contributed by atoms with E-state index in [0.717, 1.165) is 76.4 Å².